The van der Waals surface area contributed by atoms with Crippen LogP contribution in [0.2, 0.25) is 0 Å². The van der Waals surface area contributed by atoms with Gasteiger partial charge in [0.25, 0.3) is 0 Å². The van der Waals surface area contributed by atoms with Crippen LogP contribution in [0.25, 0.3) is 10.1 Å². The van der Waals surface area contributed by atoms with Gasteiger partial charge in [0.1, 0.15) is 0 Å². The summed E-state index contributed by atoms with van der Waals surface area (Å²) in [6.45, 7) is 5.37. The number of carbonyl (C=O) groups is 1. The third kappa shape index (κ3) is 5.70. The van der Waals surface area contributed by atoms with Gasteiger partial charge in [-0.1, -0.05) is 48.9 Å². The molecular weight excluding hydrogens is 518 g/mol. The number of fused-ring (bicyclic) bond motifs is 9. The van der Waals surface area contributed by atoms with Crippen LogP contribution in [0.5, 0.6) is 0 Å². The van der Waals surface area contributed by atoms with E-state index in [1.165, 1.54) is 16.9 Å². The van der Waals surface area contributed by atoms with Crippen molar-refractivity contribution in [3.63, 3.8) is 0 Å². The average molecular weight is 562 g/mol. The summed E-state index contributed by atoms with van der Waals surface area (Å²) in [4.78, 5) is 17.0. The molecule has 3 aliphatic carbocycles. The highest BCUT2D eigenvalue weighted by Crippen LogP contribution is 2.58. The van der Waals surface area contributed by atoms with Crippen LogP contribution in [0.15, 0.2) is 60.2 Å². The van der Waals surface area contributed by atoms with Gasteiger partial charge in [0.15, 0.2) is 0 Å². The smallest absolute Gasteiger partial charge is 0.203 e. The first-order chi connectivity index (χ1) is 19.1. The maximum atomic E-state index is 14.2. The molecule has 40 heavy (non-hydrogen) atoms. The number of hydrogen-bond donors (Lipinski definition) is 3. The molecule has 2 bridgehead atoms. The van der Waals surface area contributed by atoms with Gasteiger partial charge >= 0.3 is 0 Å². The number of allylic oxidation sites excluding steroid dienone is 2. The first-order valence-electron chi connectivity index (χ1n) is 14.6. The summed E-state index contributed by atoms with van der Waals surface area (Å²) < 4.78 is 1.09. The van der Waals surface area contributed by atoms with Gasteiger partial charge in [0.2, 0.25) is 5.78 Å². The van der Waals surface area contributed by atoms with E-state index < -0.39 is 17.1 Å². The molecule has 0 spiro atoms. The van der Waals surface area contributed by atoms with E-state index in [-0.39, 0.29) is 18.3 Å². The van der Waals surface area contributed by atoms with Gasteiger partial charge in [0.05, 0.1) is 23.2 Å². The van der Waals surface area contributed by atoms with E-state index in [1.54, 1.807) is 0 Å². The Balaban J connectivity index is 1.62. The van der Waals surface area contributed by atoms with Crippen molar-refractivity contribution in [3.05, 3.63) is 81.7 Å². The summed E-state index contributed by atoms with van der Waals surface area (Å²) in [5.41, 5.74) is 2.52. The molecule has 1 aromatic heterocycles. The van der Waals surface area contributed by atoms with Crippen molar-refractivity contribution >= 4 is 27.2 Å². The molecule has 3 N–H and O–H groups in total. The van der Waals surface area contributed by atoms with Crippen LogP contribution in [0.4, 0.5) is 0 Å². The molecule has 1 heterocycles. The molecule has 3 aliphatic rings. The lowest BCUT2D eigenvalue weighted by Crippen LogP contribution is -2.52. The molecule has 2 aromatic carbocycles. The Morgan fingerprint density at radius 3 is 2.70 bits per heavy atom. The van der Waals surface area contributed by atoms with Crippen LogP contribution >= 0.6 is 11.3 Å². The topological polar surface area (TPSA) is 81.0 Å². The van der Waals surface area contributed by atoms with E-state index in [1.807, 2.05) is 42.3 Å². The van der Waals surface area contributed by atoms with Gasteiger partial charge in [0, 0.05) is 28.8 Å². The van der Waals surface area contributed by atoms with E-state index in [9.17, 15) is 20.1 Å². The van der Waals surface area contributed by atoms with Gasteiger partial charge in [-0.2, -0.15) is 0 Å². The molecule has 6 heteroatoms. The average Bonchev–Trinajstić information content (AvgIpc) is 3.46. The SMILES string of the molecule is CC1=CCCC2(C)C(CCC2(O)CN(C)CCO)c2ccc(cc2C(=O)c2cc3ccccc3s2)CC(O)CC1. The second-order valence-corrected chi connectivity index (χ2v) is 13.5. The minimum Gasteiger partial charge on any atom is -0.395 e. The van der Waals surface area contributed by atoms with Crippen LogP contribution < -0.4 is 0 Å². The highest BCUT2D eigenvalue weighted by molar-refractivity contribution is 7.21. The van der Waals surface area contributed by atoms with Gasteiger partial charge in [-0.25, -0.2) is 0 Å². The lowest BCUT2D eigenvalue weighted by molar-refractivity contribution is -0.0810. The Labute approximate surface area is 242 Å². The number of hydrogen-bond acceptors (Lipinski definition) is 6. The number of aliphatic hydroxyl groups is 3. The van der Waals surface area contributed by atoms with E-state index in [4.69, 9.17) is 0 Å². The first kappa shape index (κ1) is 29.2. The molecule has 0 amide bonds. The van der Waals surface area contributed by atoms with Crippen molar-refractivity contribution in [2.75, 3.05) is 26.7 Å². The summed E-state index contributed by atoms with van der Waals surface area (Å²) >= 11 is 1.53. The Morgan fingerprint density at radius 2 is 1.93 bits per heavy atom. The van der Waals surface area contributed by atoms with Gasteiger partial charge < -0.3 is 20.2 Å². The third-order valence-corrected chi connectivity index (χ3v) is 10.7. The lowest BCUT2D eigenvalue weighted by atomic mass is 9.64. The number of benzene rings is 2. The summed E-state index contributed by atoms with van der Waals surface area (Å²) in [5, 5.41) is 33.7. The summed E-state index contributed by atoms with van der Waals surface area (Å²) in [6, 6.07) is 16.3. The number of aliphatic hydroxyl groups excluding tert-OH is 2. The van der Waals surface area contributed by atoms with Gasteiger partial charge in [-0.05, 0) is 99.5 Å². The Morgan fingerprint density at radius 1 is 1.12 bits per heavy atom. The quantitative estimate of drug-likeness (QED) is 0.251. The predicted octanol–water partition coefficient (Wildman–Crippen LogP) is 6.09. The maximum Gasteiger partial charge on any atom is 0.203 e. The van der Waals surface area contributed by atoms with E-state index >= 15 is 0 Å². The van der Waals surface area contributed by atoms with E-state index in [2.05, 4.69) is 38.1 Å². The molecule has 6 rings (SSSR count). The predicted molar refractivity (Wildman–Crippen MR) is 163 cm³/mol. The van der Waals surface area contributed by atoms with Crippen molar-refractivity contribution in [2.24, 2.45) is 5.41 Å². The van der Waals surface area contributed by atoms with Crippen molar-refractivity contribution in [1.29, 1.82) is 0 Å². The largest absolute Gasteiger partial charge is 0.395 e. The summed E-state index contributed by atoms with van der Waals surface area (Å²) in [5.74, 6) is 0.0227. The fourth-order valence-electron chi connectivity index (χ4n) is 7.12. The maximum absolute atomic E-state index is 14.2. The van der Waals surface area contributed by atoms with Crippen molar-refractivity contribution in [1.82, 2.24) is 4.90 Å². The van der Waals surface area contributed by atoms with Crippen molar-refractivity contribution < 1.29 is 20.1 Å². The molecule has 4 atom stereocenters. The highest BCUT2D eigenvalue weighted by atomic mass is 32.1. The zero-order valence-electron chi connectivity index (χ0n) is 24.0. The minimum atomic E-state index is -0.951. The van der Waals surface area contributed by atoms with Crippen LogP contribution in [0.1, 0.15) is 84.7 Å². The van der Waals surface area contributed by atoms with Crippen molar-refractivity contribution in [2.45, 2.75) is 76.4 Å². The molecule has 1 fully saturated rings. The number of carbonyl (C=O) groups excluding carboxylic acids is 1. The third-order valence-electron chi connectivity index (χ3n) is 9.58. The van der Waals surface area contributed by atoms with Crippen molar-refractivity contribution in [3.8, 4) is 0 Å². The van der Waals surface area contributed by atoms with Crippen LogP contribution in [0.3, 0.4) is 0 Å². The fourth-order valence-corrected chi connectivity index (χ4v) is 8.14. The Kier molecular flexibility index (Phi) is 8.65. The number of ketones is 1. The molecule has 4 unspecified atom stereocenters. The molecule has 5 nitrogen and oxygen atoms in total. The van der Waals surface area contributed by atoms with E-state index in [0.717, 1.165) is 51.8 Å². The Hall–Kier alpha value is -2.35. The number of nitrogens with zero attached hydrogens (tertiary/aromatic N) is 1. The first-order valence-corrected chi connectivity index (χ1v) is 15.5. The standard InChI is InChI=1S/C34H43NO4S/c1-23-7-6-15-33(2)29(14-16-34(33,39)22-35(3)17-18-36)27-13-11-24(19-26(37)12-10-23)20-28(27)32(38)31-21-25-8-4-5-9-30(25)40-31/h4-5,7-9,11,13,20-21,26,29,36-37,39H,6,10,12,14-19,22H2,1-3H3. The fraction of sp³-hybridized carbons (Fsp3) is 0.500. The molecule has 1 saturated carbocycles. The zero-order valence-corrected chi connectivity index (χ0v) is 24.8. The summed E-state index contributed by atoms with van der Waals surface area (Å²) in [6.07, 6.45) is 6.88. The second-order valence-electron chi connectivity index (χ2n) is 12.4. The van der Waals surface area contributed by atoms with Crippen LogP contribution in [-0.2, 0) is 6.42 Å². The number of thiophene rings is 1. The van der Waals surface area contributed by atoms with E-state index in [0.29, 0.717) is 37.9 Å². The zero-order chi connectivity index (χ0) is 28.5. The Bertz CT molecular complexity index is 1360. The molecular formula is C34H43NO4S. The minimum absolute atomic E-state index is 0.00368. The lowest BCUT2D eigenvalue weighted by Gasteiger charge is -2.45. The molecule has 0 saturated heterocycles. The number of rotatable bonds is 6. The molecule has 0 aliphatic heterocycles. The molecule has 0 radical (unpaired) electrons. The van der Waals surface area contributed by atoms with Crippen LogP contribution in [0, 0.1) is 5.41 Å². The number of likely N-dealkylation sites (N-methyl/N-ethyl adjacent to an activating group) is 1. The van der Waals surface area contributed by atoms with Gasteiger partial charge in [-0.15, -0.1) is 11.3 Å². The van der Waals surface area contributed by atoms with Crippen LogP contribution in [-0.4, -0.2) is 64.5 Å². The second kappa shape index (κ2) is 11.9. The summed E-state index contributed by atoms with van der Waals surface area (Å²) in [7, 11) is 1.95. The highest BCUT2D eigenvalue weighted by Gasteiger charge is 2.57. The molecule has 3 aromatic rings. The molecule has 214 valence electrons. The normalized spacial score (nSPS) is 27.5. The monoisotopic (exact) mass is 561 g/mol. The van der Waals surface area contributed by atoms with Gasteiger partial charge in [-0.3, -0.25) is 4.79 Å².